The largest absolute Gasteiger partial charge is 0.352 e. The molecule has 6 heteroatoms. The normalized spacial score (nSPS) is 22.1. The second kappa shape index (κ2) is 8.97. The van der Waals surface area contributed by atoms with Gasteiger partial charge in [0.25, 0.3) is 0 Å². The van der Waals surface area contributed by atoms with Gasteiger partial charge in [-0.05, 0) is 41.5 Å². The van der Waals surface area contributed by atoms with E-state index < -0.39 is 23.4 Å². The monoisotopic (exact) mass is 637 g/mol. The number of hydrogen-bond acceptors (Lipinski definition) is 4. The molecule has 0 bridgehead atoms. The number of nitrogens with zero attached hydrogens (tertiary/aromatic N) is 1. The SMILES string of the molecule is O=C(c1ccccc1)[C@H]1[C@H](c2ccc(Br)cc2)C2(C(=O)c3ccccc3C2=O)[C@@H]2C=Cc3cc(Br)ccc3N21. The molecule has 3 atom stereocenters. The van der Waals surface area contributed by atoms with Crippen LogP contribution in [0.5, 0.6) is 0 Å². The molecule has 1 spiro atoms. The van der Waals surface area contributed by atoms with Gasteiger partial charge in [-0.1, -0.05) is 111 Å². The summed E-state index contributed by atoms with van der Waals surface area (Å²) in [5.41, 5.74) is 2.43. The number of rotatable bonds is 3. The number of fused-ring (bicyclic) bond motifs is 5. The number of hydrogen-bond donors (Lipinski definition) is 0. The molecule has 0 radical (unpaired) electrons. The average Bonchev–Trinajstić information content (AvgIpc) is 3.39. The number of carbonyl (C=O) groups excluding carboxylic acids is 3. The lowest BCUT2D eigenvalue weighted by molar-refractivity contribution is 0.0666. The molecule has 4 aromatic carbocycles. The van der Waals surface area contributed by atoms with Crippen molar-refractivity contribution in [1.82, 2.24) is 0 Å². The molecule has 0 N–H and O–H groups in total. The van der Waals surface area contributed by atoms with E-state index in [2.05, 4.69) is 31.9 Å². The summed E-state index contributed by atoms with van der Waals surface area (Å²) in [5.74, 6) is -1.28. The zero-order chi connectivity index (χ0) is 26.9. The molecule has 0 aromatic heterocycles. The lowest BCUT2D eigenvalue weighted by Crippen LogP contribution is -2.48. The molecule has 1 saturated heterocycles. The maximum Gasteiger partial charge on any atom is 0.185 e. The maximum atomic E-state index is 14.6. The number of anilines is 1. The first-order chi connectivity index (χ1) is 18.9. The van der Waals surface area contributed by atoms with E-state index in [1.807, 2.05) is 77.7 Å². The average molecular weight is 639 g/mol. The summed E-state index contributed by atoms with van der Waals surface area (Å²) in [4.78, 5) is 45.8. The van der Waals surface area contributed by atoms with Crippen molar-refractivity contribution < 1.29 is 14.4 Å². The Hall–Kier alpha value is -3.61. The fourth-order valence-corrected chi connectivity index (χ4v) is 7.41. The Morgan fingerprint density at radius 2 is 1.36 bits per heavy atom. The summed E-state index contributed by atoms with van der Waals surface area (Å²) in [7, 11) is 0. The minimum atomic E-state index is -1.49. The van der Waals surface area contributed by atoms with Gasteiger partial charge in [0.1, 0.15) is 11.5 Å². The second-order valence-corrected chi connectivity index (χ2v) is 12.0. The Labute approximate surface area is 242 Å². The summed E-state index contributed by atoms with van der Waals surface area (Å²) >= 11 is 7.08. The minimum Gasteiger partial charge on any atom is -0.352 e. The van der Waals surface area contributed by atoms with E-state index in [-0.39, 0.29) is 17.3 Å². The van der Waals surface area contributed by atoms with Crippen molar-refractivity contribution in [2.24, 2.45) is 5.41 Å². The van der Waals surface area contributed by atoms with Crippen molar-refractivity contribution in [3.05, 3.63) is 140 Å². The van der Waals surface area contributed by atoms with Crippen LogP contribution in [0.1, 0.15) is 48.1 Å². The molecule has 190 valence electrons. The Kier molecular flexibility index (Phi) is 5.62. The molecule has 1 aliphatic carbocycles. The molecule has 39 heavy (non-hydrogen) atoms. The van der Waals surface area contributed by atoms with Gasteiger partial charge in [-0.25, -0.2) is 0 Å². The van der Waals surface area contributed by atoms with E-state index in [0.29, 0.717) is 16.7 Å². The molecule has 3 aliphatic rings. The van der Waals surface area contributed by atoms with Crippen LogP contribution < -0.4 is 4.90 Å². The van der Waals surface area contributed by atoms with E-state index in [1.165, 1.54) is 0 Å². The van der Waals surface area contributed by atoms with E-state index in [0.717, 1.165) is 25.8 Å². The number of halogens is 2. The third kappa shape index (κ3) is 3.38. The number of benzene rings is 4. The Morgan fingerprint density at radius 3 is 2.03 bits per heavy atom. The van der Waals surface area contributed by atoms with Gasteiger partial charge in [-0.3, -0.25) is 14.4 Å². The molecule has 4 nitrogen and oxygen atoms in total. The molecule has 2 heterocycles. The highest BCUT2D eigenvalue weighted by molar-refractivity contribution is 9.10. The summed E-state index contributed by atoms with van der Waals surface area (Å²) in [6, 6.07) is 28.4. The number of carbonyl (C=O) groups is 3. The predicted octanol–water partition coefficient (Wildman–Crippen LogP) is 7.53. The second-order valence-electron chi connectivity index (χ2n) is 10.2. The van der Waals surface area contributed by atoms with E-state index in [4.69, 9.17) is 0 Å². The van der Waals surface area contributed by atoms with Crippen LogP contribution in [0.25, 0.3) is 6.08 Å². The van der Waals surface area contributed by atoms with Crippen molar-refractivity contribution in [3.63, 3.8) is 0 Å². The lowest BCUT2D eigenvalue weighted by atomic mass is 9.64. The van der Waals surface area contributed by atoms with Gasteiger partial charge in [0.2, 0.25) is 0 Å². The highest BCUT2D eigenvalue weighted by atomic mass is 79.9. The summed E-state index contributed by atoms with van der Waals surface area (Å²) in [6.45, 7) is 0. The van der Waals surface area contributed by atoms with Crippen LogP contribution in [0.4, 0.5) is 5.69 Å². The zero-order valence-electron chi connectivity index (χ0n) is 20.6. The first-order valence-electron chi connectivity index (χ1n) is 12.7. The van der Waals surface area contributed by atoms with Crippen LogP contribution in [0.3, 0.4) is 0 Å². The van der Waals surface area contributed by atoms with Crippen LogP contribution in [0.15, 0.2) is 112 Å². The topological polar surface area (TPSA) is 54.5 Å². The van der Waals surface area contributed by atoms with Gasteiger partial charge >= 0.3 is 0 Å². The van der Waals surface area contributed by atoms with Crippen molar-refractivity contribution in [1.29, 1.82) is 0 Å². The van der Waals surface area contributed by atoms with Gasteiger partial charge in [0, 0.05) is 37.2 Å². The minimum absolute atomic E-state index is 0.119. The van der Waals surface area contributed by atoms with Gasteiger partial charge < -0.3 is 4.90 Å². The highest BCUT2D eigenvalue weighted by Crippen LogP contribution is 2.61. The molecule has 2 aliphatic heterocycles. The molecule has 1 fully saturated rings. The van der Waals surface area contributed by atoms with Gasteiger partial charge in [0.05, 0.1) is 6.04 Å². The van der Waals surface area contributed by atoms with Crippen molar-refractivity contribution in [3.8, 4) is 0 Å². The quantitative estimate of drug-likeness (QED) is 0.172. The molecular weight excluding hydrogens is 618 g/mol. The smallest absolute Gasteiger partial charge is 0.185 e. The summed E-state index contributed by atoms with van der Waals surface area (Å²) in [5, 5.41) is 0. The first kappa shape index (κ1) is 24.4. The molecule has 0 unspecified atom stereocenters. The van der Waals surface area contributed by atoms with Crippen LogP contribution in [-0.4, -0.2) is 29.4 Å². The third-order valence-electron chi connectivity index (χ3n) is 8.32. The van der Waals surface area contributed by atoms with Gasteiger partial charge in [-0.2, -0.15) is 0 Å². The highest BCUT2D eigenvalue weighted by Gasteiger charge is 2.71. The van der Waals surface area contributed by atoms with E-state index in [1.54, 1.807) is 36.4 Å². The standard InChI is InChI=1S/C33H21Br2NO3/c34-22-13-10-19(11-14-22)28-29(30(37)20-6-2-1-3-7-20)36-26-16-15-23(35)18-21(26)12-17-27(36)33(28)31(38)24-8-4-5-9-25(24)32(33)39/h1-18,27-29H/t27-,28-,29+/m0/s1. The van der Waals surface area contributed by atoms with Crippen molar-refractivity contribution in [2.75, 3.05) is 4.90 Å². The maximum absolute atomic E-state index is 14.6. The predicted molar refractivity (Wildman–Crippen MR) is 158 cm³/mol. The molecule has 4 aromatic rings. The fraction of sp³-hybridized carbons (Fsp3) is 0.121. The number of ketones is 3. The molecule has 0 amide bonds. The molecular formula is C33H21Br2NO3. The van der Waals surface area contributed by atoms with Gasteiger partial charge in [-0.15, -0.1) is 0 Å². The van der Waals surface area contributed by atoms with Crippen LogP contribution in [0.2, 0.25) is 0 Å². The summed E-state index contributed by atoms with van der Waals surface area (Å²) in [6.07, 6.45) is 3.92. The van der Waals surface area contributed by atoms with Crippen LogP contribution in [0, 0.1) is 5.41 Å². The first-order valence-corrected chi connectivity index (χ1v) is 14.3. The van der Waals surface area contributed by atoms with Crippen molar-refractivity contribution >= 4 is 61.0 Å². The Morgan fingerprint density at radius 1 is 0.744 bits per heavy atom. The lowest BCUT2D eigenvalue weighted by Gasteiger charge is -2.37. The van der Waals surface area contributed by atoms with Crippen LogP contribution in [-0.2, 0) is 0 Å². The van der Waals surface area contributed by atoms with Crippen molar-refractivity contribution in [2.45, 2.75) is 18.0 Å². The number of Topliss-reactive ketones (excluding diaryl/α,β-unsaturated/α-hetero) is 3. The van der Waals surface area contributed by atoms with E-state index in [9.17, 15) is 14.4 Å². The van der Waals surface area contributed by atoms with Gasteiger partial charge in [0.15, 0.2) is 17.3 Å². The molecule has 0 saturated carbocycles. The summed E-state index contributed by atoms with van der Waals surface area (Å²) < 4.78 is 1.79. The van der Waals surface area contributed by atoms with Crippen LogP contribution >= 0.6 is 31.9 Å². The third-order valence-corrected chi connectivity index (χ3v) is 9.34. The Bertz CT molecular complexity index is 1680. The molecule has 7 rings (SSSR count). The van der Waals surface area contributed by atoms with E-state index >= 15 is 0 Å². The zero-order valence-corrected chi connectivity index (χ0v) is 23.7. The fourth-order valence-electron chi connectivity index (χ4n) is 6.76. The Balaban J connectivity index is 1.55.